The summed E-state index contributed by atoms with van der Waals surface area (Å²) in [7, 11) is 0. The van der Waals surface area contributed by atoms with Gasteiger partial charge in [0.25, 0.3) is 5.91 Å². The van der Waals surface area contributed by atoms with Crippen LogP contribution in [0.5, 0.6) is 5.88 Å². The second kappa shape index (κ2) is 5.94. The van der Waals surface area contributed by atoms with Crippen LogP contribution in [0.3, 0.4) is 0 Å². The molecule has 0 aliphatic carbocycles. The molecule has 1 aromatic carbocycles. The number of aryl methyl sites for hydroxylation is 1. The van der Waals surface area contributed by atoms with Gasteiger partial charge in [-0.25, -0.2) is 9.97 Å². The van der Waals surface area contributed by atoms with Crippen LogP contribution in [0.15, 0.2) is 36.4 Å². The van der Waals surface area contributed by atoms with Crippen molar-refractivity contribution < 1.29 is 9.53 Å². The molecule has 6 heteroatoms. The van der Waals surface area contributed by atoms with E-state index in [2.05, 4.69) is 21.4 Å². The van der Waals surface area contributed by atoms with E-state index in [1.54, 1.807) is 0 Å². The van der Waals surface area contributed by atoms with Gasteiger partial charge in [-0.2, -0.15) is 0 Å². The fourth-order valence-electron chi connectivity index (χ4n) is 3.87. The van der Waals surface area contributed by atoms with Gasteiger partial charge >= 0.3 is 0 Å². The van der Waals surface area contributed by atoms with Crippen molar-refractivity contribution in [3.63, 3.8) is 0 Å². The molecule has 0 fully saturated rings. The summed E-state index contributed by atoms with van der Waals surface area (Å²) in [5.74, 6) is 0.727. The first-order chi connectivity index (χ1) is 13.1. The number of carbonyl (C=O) groups is 1. The van der Waals surface area contributed by atoms with E-state index in [1.165, 1.54) is 0 Å². The molecule has 4 bridgehead atoms. The Labute approximate surface area is 156 Å². The molecule has 0 saturated heterocycles. The van der Waals surface area contributed by atoms with Gasteiger partial charge in [-0.05, 0) is 38.5 Å². The van der Waals surface area contributed by atoms with Gasteiger partial charge in [0.15, 0.2) is 0 Å². The van der Waals surface area contributed by atoms with E-state index < -0.39 is 0 Å². The van der Waals surface area contributed by atoms with Crippen molar-refractivity contribution in [2.24, 2.45) is 0 Å². The summed E-state index contributed by atoms with van der Waals surface area (Å²) in [6, 6.07) is 7.84. The quantitative estimate of drug-likeness (QED) is 0.602. The van der Waals surface area contributed by atoms with Crippen LogP contribution in [0, 0.1) is 6.92 Å². The van der Waals surface area contributed by atoms with Crippen molar-refractivity contribution in [1.82, 2.24) is 20.3 Å². The van der Waals surface area contributed by atoms with Crippen molar-refractivity contribution in [2.45, 2.75) is 32.3 Å². The molecule has 3 aromatic rings. The highest BCUT2D eigenvalue weighted by molar-refractivity contribution is 6.00. The first kappa shape index (κ1) is 16.1. The number of hydrogen-bond acceptors (Lipinski definition) is 4. The predicted molar refractivity (Wildman–Crippen MR) is 103 cm³/mol. The highest BCUT2D eigenvalue weighted by Crippen LogP contribution is 2.34. The minimum absolute atomic E-state index is 0.0284. The first-order valence-electron chi connectivity index (χ1n) is 9.22. The molecule has 2 aliphatic rings. The van der Waals surface area contributed by atoms with Crippen LogP contribution in [0.1, 0.15) is 41.0 Å². The van der Waals surface area contributed by atoms with Gasteiger partial charge < -0.3 is 15.0 Å². The lowest BCUT2D eigenvalue weighted by Gasteiger charge is -2.22. The van der Waals surface area contributed by atoms with Gasteiger partial charge in [0.2, 0.25) is 5.88 Å². The molecule has 0 spiro atoms. The van der Waals surface area contributed by atoms with E-state index in [1.807, 2.05) is 44.2 Å². The maximum atomic E-state index is 12.4. The number of carbonyl (C=O) groups excluding carboxylic acids is 1. The van der Waals surface area contributed by atoms with Crippen molar-refractivity contribution >= 4 is 16.9 Å². The number of allylic oxidation sites excluding steroid dienone is 1. The van der Waals surface area contributed by atoms with Crippen LogP contribution in [0.2, 0.25) is 0 Å². The van der Waals surface area contributed by atoms with E-state index in [-0.39, 0.29) is 17.9 Å². The molecule has 4 heterocycles. The monoisotopic (exact) mass is 360 g/mol. The maximum absolute atomic E-state index is 12.4. The zero-order chi connectivity index (χ0) is 18.5. The number of fused-ring (bicyclic) bond motifs is 3. The van der Waals surface area contributed by atoms with Crippen LogP contribution in [-0.2, 0) is 0 Å². The molecule has 0 radical (unpaired) electrons. The topological polar surface area (TPSA) is 79.9 Å². The van der Waals surface area contributed by atoms with Gasteiger partial charge in [-0.3, -0.25) is 4.79 Å². The van der Waals surface area contributed by atoms with Crippen LogP contribution in [-0.4, -0.2) is 33.5 Å². The number of aromatic amines is 1. The Morgan fingerprint density at radius 2 is 2.11 bits per heavy atom. The Bertz CT molecular complexity index is 1100. The second-order valence-corrected chi connectivity index (χ2v) is 7.19. The number of H-pyrrole nitrogens is 1. The lowest BCUT2D eigenvalue weighted by atomic mass is 9.94. The van der Waals surface area contributed by atoms with Crippen molar-refractivity contribution in [2.75, 3.05) is 6.54 Å². The summed E-state index contributed by atoms with van der Waals surface area (Å²) in [5.41, 5.74) is 5.85. The molecule has 2 aromatic heterocycles. The summed E-state index contributed by atoms with van der Waals surface area (Å²) < 4.78 is 6.04. The molecular weight excluding hydrogens is 340 g/mol. The number of nitrogens with one attached hydrogen (secondary N) is 2. The predicted octanol–water partition coefficient (Wildman–Crippen LogP) is 3.49. The molecule has 0 saturated carbocycles. The van der Waals surface area contributed by atoms with Gasteiger partial charge in [-0.15, -0.1) is 0 Å². The van der Waals surface area contributed by atoms with Crippen molar-refractivity contribution in [3.05, 3.63) is 53.4 Å². The molecule has 2 atom stereocenters. The number of para-hydroxylation sites is 1. The average Bonchev–Trinajstić information content (AvgIpc) is 3.09. The van der Waals surface area contributed by atoms with Crippen LogP contribution in [0.4, 0.5) is 0 Å². The third kappa shape index (κ3) is 2.60. The number of benzene rings is 1. The molecular formula is C21H20N4O2. The van der Waals surface area contributed by atoms with Crippen molar-refractivity contribution in [1.29, 1.82) is 0 Å². The third-order valence-electron chi connectivity index (χ3n) is 5.25. The van der Waals surface area contributed by atoms with Gasteiger partial charge in [0.05, 0.1) is 11.1 Å². The summed E-state index contributed by atoms with van der Waals surface area (Å²) >= 11 is 0. The van der Waals surface area contributed by atoms with Crippen LogP contribution < -0.4 is 10.1 Å². The fraction of sp³-hybridized carbons (Fsp3) is 0.286. The Morgan fingerprint density at radius 3 is 3.00 bits per heavy atom. The van der Waals surface area contributed by atoms with Gasteiger partial charge in [0.1, 0.15) is 17.3 Å². The number of amides is 1. The zero-order valence-electron chi connectivity index (χ0n) is 15.2. The molecule has 136 valence electrons. The highest BCUT2D eigenvalue weighted by atomic mass is 16.5. The van der Waals surface area contributed by atoms with E-state index >= 15 is 0 Å². The molecule has 6 nitrogen and oxygen atoms in total. The third-order valence-corrected chi connectivity index (χ3v) is 5.25. The minimum Gasteiger partial charge on any atom is -0.469 e. The first-order valence-corrected chi connectivity index (χ1v) is 9.22. The number of aromatic nitrogens is 3. The molecule has 1 amide bonds. The normalized spacial score (nSPS) is 22.4. The lowest BCUT2D eigenvalue weighted by Crippen LogP contribution is -2.34. The van der Waals surface area contributed by atoms with E-state index in [4.69, 9.17) is 9.72 Å². The molecule has 2 N–H and O–H groups in total. The minimum atomic E-state index is -0.112. The summed E-state index contributed by atoms with van der Waals surface area (Å²) in [5, 5.41) is 3.00. The molecule has 2 aliphatic heterocycles. The SMILES string of the molecule is Cc1nc2cccc3c2nc1OC(C)/C=C\C[C@H]1CNC(=O)c2cc-3[nH]c21. The van der Waals surface area contributed by atoms with Gasteiger partial charge in [-0.1, -0.05) is 18.2 Å². The smallest absolute Gasteiger partial charge is 0.253 e. The average molecular weight is 360 g/mol. The Balaban J connectivity index is 1.80. The number of nitrogens with zero attached hydrogens (tertiary/aromatic N) is 2. The van der Waals surface area contributed by atoms with Crippen molar-refractivity contribution in [3.8, 4) is 17.1 Å². The maximum Gasteiger partial charge on any atom is 0.253 e. The molecule has 27 heavy (non-hydrogen) atoms. The molecule has 5 rings (SSSR count). The zero-order valence-corrected chi connectivity index (χ0v) is 15.2. The number of rotatable bonds is 0. The summed E-state index contributed by atoms with van der Waals surface area (Å²) in [6.45, 7) is 4.53. The fourth-order valence-corrected chi connectivity index (χ4v) is 3.87. The Hall–Kier alpha value is -3.15. The Morgan fingerprint density at radius 1 is 1.22 bits per heavy atom. The number of hydrogen-bond donors (Lipinski definition) is 2. The summed E-state index contributed by atoms with van der Waals surface area (Å²) in [4.78, 5) is 25.3. The van der Waals surface area contributed by atoms with E-state index in [9.17, 15) is 4.79 Å². The summed E-state index contributed by atoms with van der Waals surface area (Å²) in [6.07, 6.45) is 4.87. The second-order valence-electron chi connectivity index (χ2n) is 7.19. The van der Waals surface area contributed by atoms with Gasteiger partial charge in [0, 0.05) is 29.4 Å². The van der Waals surface area contributed by atoms with E-state index in [0.717, 1.165) is 40.1 Å². The van der Waals surface area contributed by atoms with Crippen LogP contribution >= 0.6 is 0 Å². The lowest BCUT2D eigenvalue weighted by molar-refractivity contribution is 0.0940. The molecule has 1 unspecified atom stereocenters. The van der Waals surface area contributed by atoms with E-state index in [0.29, 0.717) is 18.0 Å². The van der Waals surface area contributed by atoms with Crippen LogP contribution in [0.25, 0.3) is 22.3 Å². The Kier molecular flexibility index (Phi) is 3.53. The highest BCUT2D eigenvalue weighted by Gasteiger charge is 2.28. The number of ether oxygens (including phenoxy) is 1. The largest absolute Gasteiger partial charge is 0.469 e. The standard InChI is InChI=1S/C21H20N4O2/c1-11-5-3-6-13-10-22-20(26)15-9-17(24-18(13)15)14-7-4-8-16-19(14)25-21(27-11)12(2)23-16/h3-5,7-9,11,13,24H,6,10H2,1-2H3,(H,22,26)/b5-3-/t11?,13-/m0/s1.